The van der Waals surface area contributed by atoms with E-state index in [1.54, 1.807) is 18.0 Å². The van der Waals surface area contributed by atoms with Crippen LogP contribution in [0.2, 0.25) is 0 Å². The Labute approximate surface area is 148 Å². The van der Waals surface area contributed by atoms with Crippen LogP contribution in [-0.4, -0.2) is 23.0 Å². The summed E-state index contributed by atoms with van der Waals surface area (Å²) in [6.07, 6.45) is 1.94. The van der Waals surface area contributed by atoms with Gasteiger partial charge in [-0.25, -0.2) is 0 Å². The van der Waals surface area contributed by atoms with Crippen LogP contribution in [0.3, 0.4) is 0 Å². The smallest absolute Gasteiger partial charge is 0.223 e. The number of carbonyl (C=O) groups excluding carboxylic acids is 1. The first-order valence-corrected chi connectivity index (χ1v) is 8.39. The molecule has 4 heteroatoms. The number of amides is 1. The molecular weight excluding hydrogens is 312 g/mol. The molecule has 0 saturated carbocycles. The molecule has 0 radical (unpaired) electrons. The van der Waals surface area contributed by atoms with Gasteiger partial charge in [-0.2, -0.15) is 0 Å². The van der Waals surface area contributed by atoms with Crippen LogP contribution < -0.4 is 0 Å². The highest BCUT2D eigenvalue weighted by Crippen LogP contribution is 2.30. The molecule has 1 atom stereocenters. The van der Waals surface area contributed by atoms with Gasteiger partial charge in [0.25, 0.3) is 0 Å². The number of carbonyl (C=O) groups is 1. The van der Waals surface area contributed by atoms with Crippen molar-refractivity contribution in [3.63, 3.8) is 0 Å². The molecule has 0 unspecified atom stereocenters. The van der Waals surface area contributed by atoms with Gasteiger partial charge in [-0.05, 0) is 23.6 Å². The van der Waals surface area contributed by atoms with E-state index in [1.807, 2.05) is 30.3 Å². The number of nitrogens with zero attached hydrogens (tertiary/aromatic N) is 2. The standard InChI is InChI=1S/C21H22N2O2/c1-16-8-6-7-11-19(16)20(17-9-4-3-5-10-17)14-21(24)23(2)15-18-12-13-25-22-18/h3-13,20H,14-15H2,1-2H3/t20-/m1/s1. The first-order chi connectivity index (χ1) is 12.1. The summed E-state index contributed by atoms with van der Waals surface area (Å²) in [5.74, 6) is 0.120. The third kappa shape index (κ3) is 4.15. The zero-order valence-electron chi connectivity index (χ0n) is 14.6. The molecule has 4 nitrogen and oxygen atoms in total. The fraction of sp³-hybridized carbons (Fsp3) is 0.238. The van der Waals surface area contributed by atoms with Crippen LogP contribution in [0, 0.1) is 6.92 Å². The monoisotopic (exact) mass is 334 g/mol. The van der Waals surface area contributed by atoms with Crippen molar-refractivity contribution in [3.05, 3.63) is 89.3 Å². The van der Waals surface area contributed by atoms with Crippen molar-refractivity contribution in [2.75, 3.05) is 7.05 Å². The van der Waals surface area contributed by atoms with Crippen molar-refractivity contribution in [2.24, 2.45) is 0 Å². The minimum Gasteiger partial charge on any atom is -0.364 e. The lowest BCUT2D eigenvalue weighted by molar-refractivity contribution is -0.130. The Hall–Kier alpha value is -2.88. The number of hydrogen-bond donors (Lipinski definition) is 0. The van der Waals surface area contributed by atoms with Gasteiger partial charge in [-0.15, -0.1) is 0 Å². The van der Waals surface area contributed by atoms with E-state index in [4.69, 9.17) is 4.52 Å². The summed E-state index contributed by atoms with van der Waals surface area (Å²) < 4.78 is 4.84. The Kier molecular flexibility index (Phi) is 5.29. The van der Waals surface area contributed by atoms with Gasteiger partial charge in [-0.3, -0.25) is 4.79 Å². The molecule has 0 aliphatic carbocycles. The first kappa shape index (κ1) is 17.0. The van der Waals surface area contributed by atoms with E-state index >= 15 is 0 Å². The number of hydrogen-bond acceptors (Lipinski definition) is 3. The summed E-state index contributed by atoms with van der Waals surface area (Å²) in [4.78, 5) is 14.5. The van der Waals surface area contributed by atoms with E-state index in [-0.39, 0.29) is 11.8 Å². The molecule has 0 aliphatic heterocycles. The lowest BCUT2D eigenvalue weighted by Gasteiger charge is -2.23. The Morgan fingerprint density at radius 2 is 1.80 bits per heavy atom. The van der Waals surface area contributed by atoms with Crippen LogP contribution in [0.25, 0.3) is 0 Å². The summed E-state index contributed by atoms with van der Waals surface area (Å²) >= 11 is 0. The van der Waals surface area contributed by atoms with E-state index < -0.39 is 0 Å². The number of aromatic nitrogens is 1. The quantitative estimate of drug-likeness (QED) is 0.680. The van der Waals surface area contributed by atoms with Crippen molar-refractivity contribution in [1.82, 2.24) is 10.1 Å². The van der Waals surface area contributed by atoms with E-state index in [0.29, 0.717) is 13.0 Å². The molecule has 25 heavy (non-hydrogen) atoms. The summed E-state index contributed by atoms with van der Waals surface area (Å²) in [5, 5.41) is 3.88. The lowest BCUT2D eigenvalue weighted by Crippen LogP contribution is -2.28. The maximum absolute atomic E-state index is 12.8. The normalized spacial score (nSPS) is 11.9. The second-order valence-corrected chi connectivity index (χ2v) is 6.26. The van der Waals surface area contributed by atoms with Crippen molar-refractivity contribution >= 4 is 5.91 Å². The van der Waals surface area contributed by atoms with Crippen molar-refractivity contribution in [2.45, 2.75) is 25.8 Å². The van der Waals surface area contributed by atoms with Crippen LogP contribution in [0.15, 0.2) is 71.4 Å². The van der Waals surface area contributed by atoms with Gasteiger partial charge in [-0.1, -0.05) is 59.8 Å². The largest absolute Gasteiger partial charge is 0.364 e. The maximum atomic E-state index is 12.8. The molecule has 128 valence electrons. The zero-order chi connectivity index (χ0) is 17.6. The lowest BCUT2D eigenvalue weighted by atomic mass is 9.85. The highest BCUT2D eigenvalue weighted by atomic mass is 16.5. The molecule has 3 aromatic rings. The Bertz CT molecular complexity index is 813. The first-order valence-electron chi connectivity index (χ1n) is 8.39. The number of rotatable bonds is 6. The van der Waals surface area contributed by atoms with Crippen molar-refractivity contribution < 1.29 is 9.32 Å². The number of benzene rings is 2. The van der Waals surface area contributed by atoms with Gasteiger partial charge in [0.1, 0.15) is 12.0 Å². The molecule has 0 saturated heterocycles. The topological polar surface area (TPSA) is 46.3 Å². The molecule has 1 amide bonds. The Morgan fingerprint density at radius 3 is 2.48 bits per heavy atom. The third-order valence-corrected chi connectivity index (χ3v) is 4.46. The minimum absolute atomic E-state index is 0.0367. The Morgan fingerprint density at radius 1 is 1.08 bits per heavy atom. The predicted molar refractivity (Wildman–Crippen MR) is 97.1 cm³/mol. The molecule has 0 bridgehead atoms. The molecule has 0 aliphatic rings. The fourth-order valence-electron chi connectivity index (χ4n) is 3.05. The third-order valence-electron chi connectivity index (χ3n) is 4.46. The molecule has 0 fully saturated rings. The van der Waals surface area contributed by atoms with Gasteiger partial charge in [0, 0.05) is 25.5 Å². The second-order valence-electron chi connectivity index (χ2n) is 6.26. The summed E-state index contributed by atoms with van der Waals surface area (Å²) in [6, 6.07) is 20.2. The molecule has 2 aromatic carbocycles. The zero-order valence-corrected chi connectivity index (χ0v) is 14.6. The van der Waals surface area contributed by atoms with Crippen LogP contribution in [-0.2, 0) is 11.3 Å². The van der Waals surface area contributed by atoms with Gasteiger partial charge in [0.05, 0.1) is 6.54 Å². The van der Waals surface area contributed by atoms with Crippen molar-refractivity contribution in [1.29, 1.82) is 0 Å². The minimum atomic E-state index is 0.0367. The molecule has 1 heterocycles. The van der Waals surface area contributed by atoms with Crippen LogP contribution in [0.5, 0.6) is 0 Å². The van der Waals surface area contributed by atoms with Crippen molar-refractivity contribution in [3.8, 4) is 0 Å². The maximum Gasteiger partial charge on any atom is 0.223 e. The molecule has 0 N–H and O–H groups in total. The van der Waals surface area contributed by atoms with Crippen LogP contribution >= 0.6 is 0 Å². The molecule has 1 aromatic heterocycles. The van der Waals surface area contributed by atoms with E-state index in [1.165, 1.54) is 17.4 Å². The van der Waals surface area contributed by atoms with Gasteiger partial charge in [0.15, 0.2) is 0 Å². The number of aryl methyl sites for hydroxylation is 1. The predicted octanol–water partition coefficient (Wildman–Crippen LogP) is 4.16. The van der Waals surface area contributed by atoms with Crippen LogP contribution in [0.4, 0.5) is 0 Å². The van der Waals surface area contributed by atoms with E-state index in [0.717, 1.165) is 11.3 Å². The van der Waals surface area contributed by atoms with E-state index in [9.17, 15) is 4.79 Å². The Balaban J connectivity index is 1.83. The summed E-state index contributed by atoms with van der Waals surface area (Å²) in [6.45, 7) is 2.54. The SMILES string of the molecule is Cc1ccccc1[C@H](CC(=O)N(C)Cc1ccon1)c1ccccc1. The van der Waals surface area contributed by atoms with Gasteiger partial charge >= 0.3 is 0 Å². The van der Waals surface area contributed by atoms with E-state index in [2.05, 4.69) is 36.3 Å². The fourth-order valence-corrected chi connectivity index (χ4v) is 3.05. The average molecular weight is 334 g/mol. The average Bonchev–Trinajstić information content (AvgIpc) is 3.14. The highest BCUT2D eigenvalue weighted by molar-refractivity contribution is 5.77. The molecule has 3 rings (SSSR count). The van der Waals surface area contributed by atoms with Gasteiger partial charge in [0.2, 0.25) is 5.91 Å². The second kappa shape index (κ2) is 7.79. The molecular formula is C21H22N2O2. The summed E-state index contributed by atoms with van der Waals surface area (Å²) in [5.41, 5.74) is 4.29. The summed E-state index contributed by atoms with van der Waals surface area (Å²) in [7, 11) is 1.80. The highest BCUT2D eigenvalue weighted by Gasteiger charge is 2.22. The molecule has 0 spiro atoms. The van der Waals surface area contributed by atoms with Crippen LogP contribution in [0.1, 0.15) is 34.7 Å². The van der Waals surface area contributed by atoms with Gasteiger partial charge < -0.3 is 9.42 Å².